The van der Waals surface area contributed by atoms with Gasteiger partial charge in [0.1, 0.15) is 11.4 Å². The summed E-state index contributed by atoms with van der Waals surface area (Å²) in [4.78, 5) is 13.0. The number of nitrogens with zero attached hydrogens (tertiary/aromatic N) is 1. The van der Waals surface area contributed by atoms with Gasteiger partial charge < -0.3 is 19.1 Å². The van der Waals surface area contributed by atoms with Crippen molar-refractivity contribution in [1.29, 1.82) is 0 Å². The summed E-state index contributed by atoms with van der Waals surface area (Å²) in [5, 5.41) is 14.9. The molecule has 1 aromatic carbocycles. The molecule has 2 aromatic rings. The number of rotatable bonds is 5. The van der Waals surface area contributed by atoms with Crippen molar-refractivity contribution in [2.45, 2.75) is 50.7 Å². The molecule has 0 saturated heterocycles. The molecule has 2 atom stereocenters. The predicted octanol–water partition coefficient (Wildman–Crippen LogP) is 3.72. The Kier molecular flexibility index (Phi) is 4.02. The average molecular weight is 383 g/mol. The summed E-state index contributed by atoms with van der Waals surface area (Å²) >= 11 is 0. The van der Waals surface area contributed by atoms with E-state index in [4.69, 9.17) is 14.0 Å². The molecule has 1 N–H and O–H groups in total. The van der Waals surface area contributed by atoms with Gasteiger partial charge in [-0.05, 0) is 62.5 Å². The SMILES string of the molecule is COc1ccccc1-c1cc(COC(=O)C23CC4CC(CC(O)(C4)C2)C3)on1. The van der Waals surface area contributed by atoms with Crippen LogP contribution < -0.4 is 4.74 Å². The first-order valence-electron chi connectivity index (χ1n) is 9.97. The summed E-state index contributed by atoms with van der Waals surface area (Å²) < 4.78 is 16.4. The minimum Gasteiger partial charge on any atom is -0.496 e. The van der Waals surface area contributed by atoms with Gasteiger partial charge in [-0.3, -0.25) is 4.79 Å². The Labute approximate surface area is 163 Å². The highest BCUT2D eigenvalue weighted by Gasteiger charge is 2.60. The second kappa shape index (κ2) is 6.34. The maximum atomic E-state index is 13.0. The molecule has 0 spiro atoms. The van der Waals surface area contributed by atoms with Crippen LogP contribution in [0.25, 0.3) is 11.3 Å². The second-order valence-electron chi connectivity index (χ2n) is 8.92. The average Bonchev–Trinajstić information content (AvgIpc) is 3.13. The molecule has 4 fully saturated rings. The molecule has 4 aliphatic rings. The first kappa shape index (κ1) is 17.7. The van der Waals surface area contributed by atoms with Crippen LogP contribution in [0.3, 0.4) is 0 Å². The summed E-state index contributed by atoms with van der Waals surface area (Å²) in [7, 11) is 1.61. The molecule has 4 saturated carbocycles. The van der Waals surface area contributed by atoms with Crippen molar-refractivity contribution in [2.24, 2.45) is 17.3 Å². The smallest absolute Gasteiger partial charge is 0.312 e. The Morgan fingerprint density at radius 3 is 2.71 bits per heavy atom. The van der Waals surface area contributed by atoms with Gasteiger partial charge in [0.2, 0.25) is 0 Å². The van der Waals surface area contributed by atoms with E-state index in [-0.39, 0.29) is 12.6 Å². The third kappa shape index (κ3) is 2.91. The van der Waals surface area contributed by atoms with E-state index in [1.54, 1.807) is 13.2 Å². The van der Waals surface area contributed by atoms with Gasteiger partial charge in [-0.15, -0.1) is 0 Å². The fraction of sp³-hybridized carbons (Fsp3) is 0.545. The van der Waals surface area contributed by atoms with Crippen LogP contribution in [0.5, 0.6) is 5.75 Å². The number of esters is 1. The van der Waals surface area contributed by atoms with Gasteiger partial charge >= 0.3 is 5.97 Å². The molecular weight excluding hydrogens is 358 g/mol. The van der Waals surface area contributed by atoms with E-state index in [0.717, 1.165) is 37.7 Å². The molecule has 6 heteroatoms. The molecule has 28 heavy (non-hydrogen) atoms. The van der Waals surface area contributed by atoms with Crippen molar-refractivity contribution < 1.29 is 23.9 Å². The largest absolute Gasteiger partial charge is 0.496 e. The molecule has 0 radical (unpaired) electrons. The summed E-state index contributed by atoms with van der Waals surface area (Å²) in [6, 6.07) is 9.34. The predicted molar refractivity (Wildman–Crippen MR) is 100 cm³/mol. The van der Waals surface area contributed by atoms with Crippen molar-refractivity contribution in [3.05, 3.63) is 36.1 Å². The minimum absolute atomic E-state index is 0.0521. The molecular formula is C22H25NO5. The minimum atomic E-state index is -0.674. The number of methoxy groups -OCH3 is 1. The number of aromatic nitrogens is 1. The second-order valence-corrected chi connectivity index (χ2v) is 8.92. The summed E-state index contributed by atoms with van der Waals surface area (Å²) in [5.41, 5.74) is 0.277. The number of para-hydroxylation sites is 1. The van der Waals surface area contributed by atoms with Crippen molar-refractivity contribution in [1.82, 2.24) is 5.16 Å². The molecule has 4 aliphatic carbocycles. The van der Waals surface area contributed by atoms with E-state index in [1.165, 1.54) is 0 Å². The molecule has 6 nitrogen and oxygen atoms in total. The van der Waals surface area contributed by atoms with Gasteiger partial charge in [-0.2, -0.15) is 0 Å². The molecule has 0 amide bonds. The molecule has 148 valence electrons. The lowest BCUT2D eigenvalue weighted by molar-refractivity contribution is -0.197. The monoisotopic (exact) mass is 383 g/mol. The van der Waals surface area contributed by atoms with Crippen LogP contribution in [0.15, 0.2) is 34.9 Å². The van der Waals surface area contributed by atoms with Crippen LogP contribution in [-0.4, -0.2) is 28.9 Å². The lowest BCUT2D eigenvalue weighted by Gasteiger charge is -2.58. The standard InChI is InChI=1S/C22H25NO5/c1-26-19-5-3-2-4-17(19)18-7-16(28-23-18)12-27-20(24)21-8-14-6-15(9-21)11-22(25,10-14)13-21/h2-5,7,14-15,25H,6,8-13H2,1H3. The van der Waals surface area contributed by atoms with E-state index in [9.17, 15) is 9.90 Å². The number of benzene rings is 1. The first-order valence-corrected chi connectivity index (χ1v) is 9.97. The zero-order valence-corrected chi connectivity index (χ0v) is 16.0. The van der Waals surface area contributed by atoms with Gasteiger partial charge in [0.25, 0.3) is 0 Å². The highest BCUT2D eigenvalue weighted by molar-refractivity contribution is 5.78. The number of hydrogen-bond donors (Lipinski definition) is 1. The summed E-state index contributed by atoms with van der Waals surface area (Å²) in [6.07, 6.45) is 5.03. The van der Waals surface area contributed by atoms with Gasteiger partial charge in [0, 0.05) is 11.6 Å². The van der Waals surface area contributed by atoms with Crippen LogP contribution in [0.4, 0.5) is 0 Å². The van der Waals surface area contributed by atoms with Crippen molar-refractivity contribution in [3.8, 4) is 17.0 Å². The Morgan fingerprint density at radius 1 is 1.25 bits per heavy atom. The Balaban J connectivity index is 1.29. The van der Waals surface area contributed by atoms with Gasteiger partial charge in [-0.25, -0.2) is 0 Å². The Hall–Kier alpha value is -2.34. The van der Waals surface area contributed by atoms with Gasteiger partial charge in [0.15, 0.2) is 12.4 Å². The van der Waals surface area contributed by atoms with Crippen LogP contribution in [0, 0.1) is 17.3 Å². The van der Waals surface area contributed by atoms with E-state index in [1.807, 2.05) is 24.3 Å². The van der Waals surface area contributed by atoms with Crippen LogP contribution >= 0.6 is 0 Å². The van der Waals surface area contributed by atoms with Gasteiger partial charge in [0.05, 0.1) is 18.1 Å². The van der Waals surface area contributed by atoms with E-state index >= 15 is 0 Å². The molecule has 1 heterocycles. The number of hydrogen-bond acceptors (Lipinski definition) is 6. The Bertz CT molecular complexity index is 890. The highest BCUT2D eigenvalue weighted by atomic mass is 16.6. The number of aliphatic hydroxyl groups is 1. The quantitative estimate of drug-likeness (QED) is 0.793. The molecule has 4 bridgehead atoms. The van der Waals surface area contributed by atoms with E-state index < -0.39 is 11.0 Å². The third-order valence-corrected chi connectivity index (χ3v) is 6.75. The fourth-order valence-corrected chi connectivity index (χ4v) is 6.11. The van der Waals surface area contributed by atoms with Crippen molar-refractivity contribution >= 4 is 5.97 Å². The van der Waals surface area contributed by atoms with Gasteiger partial charge in [-0.1, -0.05) is 17.3 Å². The summed E-state index contributed by atoms with van der Waals surface area (Å²) in [5.74, 6) is 1.90. The van der Waals surface area contributed by atoms with Crippen LogP contribution in [0.2, 0.25) is 0 Å². The number of ether oxygens (including phenoxy) is 2. The lowest BCUT2D eigenvalue weighted by atomic mass is 9.48. The number of carbonyl (C=O) groups excluding carboxylic acids is 1. The summed E-state index contributed by atoms with van der Waals surface area (Å²) in [6.45, 7) is 0.0521. The topological polar surface area (TPSA) is 81.8 Å². The molecule has 0 aliphatic heterocycles. The van der Waals surface area contributed by atoms with E-state index in [2.05, 4.69) is 5.16 Å². The van der Waals surface area contributed by atoms with Crippen molar-refractivity contribution in [2.75, 3.05) is 7.11 Å². The highest BCUT2D eigenvalue weighted by Crippen LogP contribution is 2.62. The number of carbonyl (C=O) groups is 1. The van der Waals surface area contributed by atoms with E-state index in [0.29, 0.717) is 35.5 Å². The molecule has 2 unspecified atom stereocenters. The molecule has 1 aromatic heterocycles. The first-order chi connectivity index (χ1) is 13.5. The zero-order valence-electron chi connectivity index (χ0n) is 16.0. The van der Waals surface area contributed by atoms with Crippen LogP contribution in [-0.2, 0) is 16.1 Å². The zero-order chi connectivity index (χ0) is 19.4. The normalized spacial score (nSPS) is 33.1. The maximum absolute atomic E-state index is 13.0. The molecule has 6 rings (SSSR count). The third-order valence-electron chi connectivity index (χ3n) is 6.75. The van der Waals surface area contributed by atoms with Crippen molar-refractivity contribution in [3.63, 3.8) is 0 Å². The maximum Gasteiger partial charge on any atom is 0.312 e. The van der Waals surface area contributed by atoms with Crippen LogP contribution in [0.1, 0.15) is 44.3 Å². The fourth-order valence-electron chi connectivity index (χ4n) is 6.11. The lowest BCUT2D eigenvalue weighted by Crippen LogP contribution is -2.58. The Morgan fingerprint density at radius 2 is 2.00 bits per heavy atom.